The van der Waals surface area contributed by atoms with E-state index in [1.54, 1.807) is 0 Å². The van der Waals surface area contributed by atoms with E-state index in [1.807, 2.05) is 0 Å². The molecule has 3 heteroatoms. The summed E-state index contributed by atoms with van der Waals surface area (Å²) in [5, 5.41) is 9.82. The highest BCUT2D eigenvalue weighted by atomic mass is 16.5. The molecule has 2 atom stereocenters. The molecule has 0 aliphatic carbocycles. The van der Waals surface area contributed by atoms with E-state index in [9.17, 15) is 5.11 Å². The number of hydrogen-bond donors (Lipinski definition) is 1. The van der Waals surface area contributed by atoms with Gasteiger partial charge in [0, 0.05) is 13.1 Å². The summed E-state index contributed by atoms with van der Waals surface area (Å²) in [5.41, 5.74) is 2.85. The molecule has 1 N–H and O–H groups in total. The van der Waals surface area contributed by atoms with Crippen LogP contribution in [0.5, 0.6) is 0 Å². The van der Waals surface area contributed by atoms with Crippen molar-refractivity contribution in [2.75, 3.05) is 19.8 Å². The molecule has 0 radical (unpaired) electrons. The summed E-state index contributed by atoms with van der Waals surface area (Å²) >= 11 is 0. The monoisotopic (exact) mass is 219 g/mol. The minimum absolute atomic E-state index is 0.188. The van der Waals surface area contributed by atoms with Crippen LogP contribution in [0.15, 0.2) is 24.3 Å². The fraction of sp³-hybridized carbons (Fsp3) is 0.538. The Morgan fingerprint density at radius 3 is 2.75 bits per heavy atom. The van der Waals surface area contributed by atoms with Crippen molar-refractivity contribution < 1.29 is 9.84 Å². The summed E-state index contributed by atoms with van der Waals surface area (Å²) in [6, 6.07) is 8.76. The van der Waals surface area contributed by atoms with Crippen molar-refractivity contribution in [2.24, 2.45) is 0 Å². The maximum absolute atomic E-state index is 9.82. The molecule has 86 valence electrons. The molecule has 16 heavy (non-hydrogen) atoms. The first-order chi connectivity index (χ1) is 7.84. The van der Waals surface area contributed by atoms with E-state index in [4.69, 9.17) is 4.74 Å². The second-order valence-corrected chi connectivity index (χ2v) is 4.66. The molecular weight excluding hydrogens is 202 g/mol. The van der Waals surface area contributed by atoms with E-state index in [0.717, 1.165) is 19.5 Å². The number of hydrogen-bond acceptors (Lipinski definition) is 3. The zero-order valence-electron chi connectivity index (χ0n) is 9.30. The lowest BCUT2D eigenvalue weighted by atomic mass is 9.98. The standard InChI is InChI=1S/C13H17NO2/c15-13-9-16-8-12(13)14-6-5-10-3-1-2-4-11(10)7-14/h1-4,12-13,15H,5-9H2. The zero-order valence-corrected chi connectivity index (χ0v) is 9.30. The van der Waals surface area contributed by atoms with Crippen molar-refractivity contribution in [1.29, 1.82) is 0 Å². The zero-order chi connectivity index (χ0) is 11.0. The van der Waals surface area contributed by atoms with Gasteiger partial charge in [0.2, 0.25) is 0 Å². The minimum Gasteiger partial charge on any atom is -0.389 e. The molecule has 1 aromatic rings. The molecule has 0 saturated carbocycles. The third kappa shape index (κ3) is 1.75. The number of fused-ring (bicyclic) bond motifs is 1. The third-order valence-electron chi connectivity index (χ3n) is 3.65. The van der Waals surface area contributed by atoms with E-state index in [-0.39, 0.29) is 12.1 Å². The van der Waals surface area contributed by atoms with Gasteiger partial charge in [0.25, 0.3) is 0 Å². The van der Waals surface area contributed by atoms with Gasteiger partial charge in [-0.15, -0.1) is 0 Å². The molecule has 0 bridgehead atoms. The number of aliphatic hydroxyl groups excluding tert-OH is 1. The molecule has 2 unspecified atom stereocenters. The molecule has 2 heterocycles. The van der Waals surface area contributed by atoms with Crippen LogP contribution in [0.1, 0.15) is 11.1 Å². The Morgan fingerprint density at radius 1 is 1.19 bits per heavy atom. The highest BCUT2D eigenvalue weighted by Gasteiger charge is 2.33. The Labute approximate surface area is 95.6 Å². The Hall–Kier alpha value is -0.900. The molecule has 1 saturated heterocycles. The molecule has 2 aliphatic rings. The summed E-state index contributed by atoms with van der Waals surface area (Å²) in [6.07, 6.45) is 0.768. The topological polar surface area (TPSA) is 32.7 Å². The van der Waals surface area contributed by atoms with Crippen molar-refractivity contribution in [3.8, 4) is 0 Å². The molecule has 0 spiro atoms. The van der Waals surface area contributed by atoms with Gasteiger partial charge < -0.3 is 9.84 Å². The van der Waals surface area contributed by atoms with Crippen molar-refractivity contribution in [3.63, 3.8) is 0 Å². The first kappa shape index (κ1) is 10.3. The number of ether oxygens (including phenoxy) is 1. The van der Waals surface area contributed by atoms with E-state index in [1.165, 1.54) is 11.1 Å². The SMILES string of the molecule is OC1COCC1N1CCc2ccccc2C1. The second kappa shape index (κ2) is 4.17. The summed E-state index contributed by atoms with van der Waals surface area (Å²) in [5.74, 6) is 0. The van der Waals surface area contributed by atoms with Crippen LogP contribution in [-0.2, 0) is 17.7 Å². The highest BCUT2D eigenvalue weighted by molar-refractivity contribution is 5.29. The van der Waals surface area contributed by atoms with Crippen LogP contribution in [0.25, 0.3) is 0 Å². The molecule has 0 aromatic heterocycles. The van der Waals surface area contributed by atoms with Crippen molar-refractivity contribution in [2.45, 2.75) is 25.1 Å². The van der Waals surface area contributed by atoms with Crippen LogP contribution in [0.2, 0.25) is 0 Å². The van der Waals surface area contributed by atoms with E-state index < -0.39 is 0 Å². The number of rotatable bonds is 1. The van der Waals surface area contributed by atoms with Crippen LogP contribution < -0.4 is 0 Å². The van der Waals surface area contributed by atoms with Gasteiger partial charge in [-0.3, -0.25) is 4.90 Å². The van der Waals surface area contributed by atoms with E-state index in [0.29, 0.717) is 13.2 Å². The molecule has 3 nitrogen and oxygen atoms in total. The Bertz CT molecular complexity index is 380. The van der Waals surface area contributed by atoms with Crippen molar-refractivity contribution in [1.82, 2.24) is 4.90 Å². The van der Waals surface area contributed by atoms with Crippen molar-refractivity contribution >= 4 is 0 Å². The molecule has 1 aromatic carbocycles. The fourth-order valence-corrected chi connectivity index (χ4v) is 2.68. The minimum atomic E-state index is -0.315. The van der Waals surface area contributed by atoms with Crippen molar-refractivity contribution in [3.05, 3.63) is 35.4 Å². The van der Waals surface area contributed by atoms with Gasteiger partial charge in [0.15, 0.2) is 0 Å². The predicted molar refractivity (Wildman–Crippen MR) is 61.2 cm³/mol. The number of nitrogens with zero attached hydrogens (tertiary/aromatic N) is 1. The van der Waals surface area contributed by atoms with Crippen LogP contribution >= 0.6 is 0 Å². The van der Waals surface area contributed by atoms with E-state index in [2.05, 4.69) is 29.2 Å². The Morgan fingerprint density at radius 2 is 2.00 bits per heavy atom. The van der Waals surface area contributed by atoms with Crippen LogP contribution in [-0.4, -0.2) is 41.9 Å². The van der Waals surface area contributed by atoms with Crippen LogP contribution in [0.4, 0.5) is 0 Å². The first-order valence-electron chi connectivity index (χ1n) is 5.91. The first-order valence-corrected chi connectivity index (χ1v) is 5.91. The number of aliphatic hydroxyl groups is 1. The van der Waals surface area contributed by atoms with Crippen LogP contribution in [0, 0.1) is 0 Å². The second-order valence-electron chi connectivity index (χ2n) is 4.66. The Kier molecular flexibility index (Phi) is 2.67. The Balaban J connectivity index is 1.77. The van der Waals surface area contributed by atoms with Gasteiger partial charge >= 0.3 is 0 Å². The maximum atomic E-state index is 9.82. The third-order valence-corrected chi connectivity index (χ3v) is 3.65. The molecule has 0 amide bonds. The average Bonchev–Trinajstić information content (AvgIpc) is 2.75. The maximum Gasteiger partial charge on any atom is 0.0950 e. The summed E-state index contributed by atoms with van der Waals surface area (Å²) in [4.78, 5) is 2.35. The van der Waals surface area contributed by atoms with Gasteiger partial charge in [-0.2, -0.15) is 0 Å². The smallest absolute Gasteiger partial charge is 0.0950 e. The normalized spacial score (nSPS) is 30.3. The van der Waals surface area contributed by atoms with Gasteiger partial charge in [0.05, 0.1) is 25.4 Å². The van der Waals surface area contributed by atoms with Gasteiger partial charge in [-0.1, -0.05) is 24.3 Å². The average molecular weight is 219 g/mol. The van der Waals surface area contributed by atoms with Gasteiger partial charge in [-0.25, -0.2) is 0 Å². The summed E-state index contributed by atoms with van der Waals surface area (Å²) in [6.45, 7) is 3.13. The summed E-state index contributed by atoms with van der Waals surface area (Å²) in [7, 11) is 0. The lowest BCUT2D eigenvalue weighted by molar-refractivity contribution is 0.0742. The van der Waals surface area contributed by atoms with E-state index >= 15 is 0 Å². The fourth-order valence-electron chi connectivity index (χ4n) is 2.68. The van der Waals surface area contributed by atoms with Gasteiger partial charge in [0.1, 0.15) is 0 Å². The van der Waals surface area contributed by atoms with Gasteiger partial charge in [-0.05, 0) is 17.5 Å². The molecule has 1 fully saturated rings. The molecule has 3 rings (SSSR count). The number of benzene rings is 1. The largest absolute Gasteiger partial charge is 0.389 e. The summed E-state index contributed by atoms with van der Waals surface area (Å²) < 4.78 is 5.32. The lowest BCUT2D eigenvalue weighted by Gasteiger charge is -2.34. The van der Waals surface area contributed by atoms with Crippen LogP contribution in [0.3, 0.4) is 0 Å². The predicted octanol–water partition coefficient (Wildman–Crippen LogP) is 0.804. The lowest BCUT2D eigenvalue weighted by Crippen LogP contribution is -2.45. The molecular formula is C13H17NO2. The highest BCUT2D eigenvalue weighted by Crippen LogP contribution is 2.23. The molecule has 2 aliphatic heterocycles. The quantitative estimate of drug-likeness (QED) is 0.758.